The molecule has 5 rings (SSSR count). The lowest BCUT2D eigenvalue weighted by Crippen LogP contribution is -2.38. The zero-order chi connectivity index (χ0) is 21.0. The number of hydrogen-bond donors (Lipinski definition) is 1. The summed E-state index contributed by atoms with van der Waals surface area (Å²) in [5.74, 6) is 3.20. The molecular weight excluding hydrogens is 406 g/mol. The predicted molar refractivity (Wildman–Crippen MR) is 127 cm³/mol. The van der Waals surface area contributed by atoms with Crippen molar-refractivity contribution in [3.8, 4) is 11.1 Å². The van der Waals surface area contributed by atoms with Crippen LogP contribution in [0.3, 0.4) is 0 Å². The number of fused-ring (bicyclic) bond motifs is 1. The third kappa shape index (κ3) is 4.41. The average molecular weight is 430 g/mol. The van der Waals surface area contributed by atoms with Crippen molar-refractivity contribution in [2.75, 3.05) is 34.8 Å². The fourth-order valence-electron chi connectivity index (χ4n) is 3.77. The van der Waals surface area contributed by atoms with Crippen molar-refractivity contribution < 1.29 is 4.21 Å². The Labute approximate surface area is 183 Å². The maximum absolute atomic E-state index is 11.5. The van der Waals surface area contributed by atoms with E-state index in [4.69, 9.17) is 0 Å². The molecule has 1 N–H and O–H groups in total. The Bertz CT molecular complexity index is 1200. The Morgan fingerprint density at radius 2 is 1.74 bits per heavy atom. The van der Waals surface area contributed by atoms with E-state index in [2.05, 4.69) is 61.6 Å². The first-order valence-electron chi connectivity index (χ1n) is 10.4. The second-order valence-corrected chi connectivity index (χ2v) is 9.23. The quantitative estimate of drug-likeness (QED) is 0.519. The molecule has 0 unspecified atom stereocenters. The molecule has 7 heteroatoms. The van der Waals surface area contributed by atoms with Gasteiger partial charge in [0.2, 0.25) is 0 Å². The van der Waals surface area contributed by atoms with E-state index >= 15 is 0 Å². The zero-order valence-electron chi connectivity index (χ0n) is 17.1. The molecule has 0 radical (unpaired) electrons. The summed E-state index contributed by atoms with van der Waals surface area (Å²) in [6.45, 7) is 2.23. The van der Waals surface area contributed by atoms with Crippen molar-refractivity contribution in [3.05, 3.63) is 78.8 Å². The fourth-order valence-corrected chi connectivity index (χ4v) is 4.82. The second kappa shape index (κ2) is 8.81. The first-order valence-corrected chi connectivity index (χ1v) is 11.8. The summed E-state index contributed by atoms with van der Waals surface area (Å²) in [7, 11) is -0.679. The molecule has 6 nitrogen and oxygen atoms in total. The van der Waals surface area contributed by atoms with Crippen LogP contribution < -0.4 is 10.2 Å². The van der Waals surface area contributed by atoms with Gasteiger partial charge < -0.3 is 10.2 Å². The van der Waals surface area contributed by atoms with E-state index in [9.17, 15) is 4.21 Å². The number of nitrogens with one attached hydrogen (secondary N) is 1. The highest BCUT2D eigenvalue weighted by atomic mass is 32.2. The first kappa shape index (κ1) is 19.6. The standard InChI is InChI=1S/C24H23N5OS/c30-31-12-10-29(11-13-31)23-9-6-18(15-25-23)16-26-24-21-8-7-20(14-22(21)27-17-28-24)19-4-2-1-3-5-19/h1-9,14-15,17H,10-13,16H2,(H,26,27,28). The Balaban J connectivity index is 1.30. The molecule has 1 aliphatic heterocycles. The number of nitrogens with zero attached hydrogens (tertiary/aromatic N) is 4. The van der Waals surface area contributed by atoms with Gasteiger partial charge in [-0.1, -0.05) is 42.5 Å². The minimum Gasteiger partial charge on any atom is -0.365 e. The van der Waals surface area contributed by atoms with Crippen LogP contribution in [-0.2, 0) is 17.3 Å². The monoisotopic (exact) mass is 429 g/mol. The largest absolute Gasteiger partial charge is 0.365 e. The molecule has 156 valence electrons. The second-order valence-electron chi connectivity index (χ2n) is 7.53. The van der Waals surface area contributed by atoms with E-state index in [0.29, 0.717) is 6.54 Å². The maximum Gasteiger partial charge on any atom is 0.137 e. The molecule has 0 atom stereocenters. The van der Waals surface area contributed by atoms with Gasteiger partial charge in [0, 0.05) is 53.5 Å². The highest BCUT2D eigenvalue weighted by Gasteiger charge is 2.16. The molecule has 0 bridgehead atoms. The number of hydrogen-bond acceptors (Lipinski definition) is 6. The Morgan fingerprint density at radius 3 is 2.52 bits per heavy atom. The van der Waals surface area contributed by atoms with Crippen LogP contribution in [0.4, 0.5) is 11.6 Å². The van der Waals surface area contributed by atoms with E-state index < -0.39 is 10.8 Å². The summed E-state index contributed by atoms with van der Waals surface area (Å²) in [4.78, 5) is 15.7. The molecule has 2 aromatic heterocycles. The number of rotatable bonds is 5. The van der Waals surface area contributed by atoms with Gasteiger partial charge in [0.15, 0.2) is 0 Å². The van der Waals surface area contributed by atoms with E-state index in [0.717, 1.165) is 58.3 Å². The van der Waals surface area contributed by atoms with Crippen LogP contribution in [0.2, 0.25) is 0 Å². The Hall–Kier alpha value is -3.32. The summed E-state index contributed by atoms with van der Waals surface area (Å²) in [5, 5.41) is 4.42. The van der Waals surface area contributed by atoms with Gasteiger partial charge in [-0.3, -0.25) is 4.21 Å². The maximum atomic E-state index is 11.5. The normalized spacial score (nSPS) is 14.6. The van der Waals surface area contributed by atoms with Gasteiger partial charge in [0.25, 0.3) is 0 Å². The van der Waals surface area contributed by atoms with Crippen molar-refractivity contribution in [2.24, 2.45) is 0 Å². The van der Waals surface area contributed by atoms with Gasteiger partial charge in [-0.05, 0) is 34.9 Å². The van der Waals surface area contributed by atoms with Crippen molar-refractivity contribution in [1.82, 2.24) is 15.0 Å². The van der Waals surface area contributed by atoms with Crippen LogP contribution in [0, 0.1) is 0 Å². The molecule has 1 saturated heterocycles. The molecule has 2 aromatic carbocycles. The van der Waals surface area contributed by atoms with Crippen LogP contribution in [0.25, 0.3) is 22.0 Å². The summed E-state index contributed by atoms with van der Waals surface area (Å²) in [5.41, 5.74) is 4.30. The summed E-state index contributed by atoms with van der Waals surface area (Å²) >= 11 is 0. The van der Waals surface area contributed by atoms with Crippen LogP contribution >= 0.6 is 0 Å². The summed E-state index contributed by atoms with van der Waals surface area (Å²) in [6, 6.07) is 20.7. The lowest BCUT2D eigenvalue weighted by Gasteiger charge is -2.27. The van der Waals surface area contributed by atoms with Crippen LogP contribution in [0.1, 0.15) is 5.56 Å². The fraction of sp³-hybridized carbons (Fsp3) is 0.208. The number of pyridine rings is 1. The minimum absolute atomic E-state index is 0.629. The smallest absolute Gasteiger partial charge is 0.137 e. The molecule has 1 fully saturated rings. The van der Waals surface area contributed by atoms with Gasteiger partial charge in [0.05, 0.1) is 5.52 Å². The summed E-state index contributed by atoms with van der Waals surface area (Å²) in [6.07, 6.45) is 3.49. The van der Waals surface area contributed by atoms with Gasteiger partial charge >= 0.3 is 0 Å². The molecule has 0 spiro atoms. The third-order valence-electron chi connectivity index (χ3n) is 5.51. The number of anilines is 2. The minimum atomic E-state index is -0.679. The average Bonchev–Trinajstić information content (AvgIpc) is 2.84. The van der Waals surface area contributed by atoms with Crippen molar-refractivity contribution in [1.29, 1.82) is 0 Å². The number of aromatic nitrogens is 3. The lowest BCUT2D eigenvalue weighted by molar-refractivity contribution is 0.672. The van der Waals surface area contributed by atoms with Crippen molar-refractivity contribution >= 4 is 33.3 Å². The van der Waals surface area contributed by atoms with E-state index in [1.54, 1.807) is 6.33 Å². The van der Waals surface area contributed by atoms with Gasteiger partial charge in [-0.15, -0.1) is 0 Å². The zero-order valence-corrected chi connectivity index (χ0v) is 17.9. The van der Waals surface area contributed by atoms with Crippen LogP contribution in [0.5, 0.6) is 0 Å². The van der Waals surface area contributed by atoms with Gasteiger partial charge in [-0.25, -0.2) is 15.0 Å². The molecule has 3 heterocycles. The van der Waals surface area contributed by atoms with E-state index in [-0.39, 0.29) is 0 Å². The Kier molecular flexibility index (Phi) is 5.58. The molecule has 4 aromatic rings. The van der Waals surface area contributed by atoms with E-state index in [1.807, 2.05) is 30.5 Å². The van der Waals surface area contributed by atoms with Crippen LogP contribution in [0.15, 0.2) is 73.2 Å². The third-order valence-corrected chi connectivity index (χ3v) is 6.79. The van der Waals surface area contributed by atoms with Crippen LogP contribution in [-0.4, -0.2) is 43.8 Å². The van der Waals surface area contributed by atoms with Crippen molar-refractivity contribution in [3.63, 3.8) is 0 Å². The molecule has 0 saturated carbocycles. The van der Waals surface area contributed by atoms with Gasteiger partial charge in [0.1, 0.15) is 18.0 Å². The molecule has 0 amide bonds. The van der Waals surface area contributed by atoms with Gasteiger partial charge in [-0.2, -0.15) is 0 Å². The molecule has 1 aliphatic rings. The number of benzene rings is 2. The highest BCUT2D eigenvalue weighted by Crippen LogP contribution is 2.26. The molecule has 0 aliphatic carbocycles. The molecule has 31 heavy (non-hydrogen) atoms. The molecular formula is C24H23N5OS. The van der Waals surface area contributed by atoms with E-state index in [1.165, 1.54) is 5.56 Å². The Morgan fingerprint density at radius 1 is 0.903 bits per heavy atom. The van der Waals surface area contributed by atoms with Crippen molar-refractivity contribution in [2.45, 2.75) is 6.54 Å². The lowest BCUT2D eigenvalue weighted by atomic mass is 10.0. The SMILES string of the molecule is O=S1CCN(c2ccc(CNc3ncnc4cc(-c5ccccc5)ccc34)cn2)CC1. The predicted octanol–water partition coefficient (Wildman–Crippen LogP) is 3.87. The first-order chi connectivity index (χ1) is 15.3. The summed E-state index contributed by atoms with van der Waals surface area (Å²) < 4.78 is 11.5. The highest BCUT2D eigenvalue weighted by molar-refractivity contribution is 7.85. The topological polar surface area (TPSA) is 71.0 Å².